The molecule has 0 saturated heterocycles. The van der Waals surface area contributed by atoms with Crippen molar-refractivity contribution in [2.24, 2.45) is 5.73 Å². The molecule has 5 nitrogen and oxygen atoms in total. The van der Waals surface area contributed by atoms with Gasteiger partial charge in [-0.1, -0.05) is 54.3 Å². The molecule has 0 unspecified atom stereocenters. The van der Waals surface area contributed by atoms with E-state index in [2.05, 4.69) is 9.97 Å². The molecule has 1 aromatic carbocycles. The summed E-state index contributed by atoms with van der Waals surface area (Å²) in [5, 5.41) is 1.15. The second-order valence-electron chi connectivity index (χ2n) is 6.72. The normalized spacial score (nSPS) is 16.5. The number of hydrogen-bond donors (Lipinski definition) is 2. The zero-order valence-electron chi connectivity index (χ0n) is 14.3. The Morgan fingerprint density at radius 3 is 2.65 bits per heavy atom. The Balaban J connectivity index is 1.78. The Bertz CT molecular complexity index is 933. The van der Waals surface area contributed by atoms with Crippen molar-refractivity contribution < 1.29 is 0 Å². The molecule has 134 valence electrons. The van der Waals surface area contributed by atoms with Crippen LogP contribution in [0.2, 0.25) is 5.02 Å². The first-order chi connectivity index (χ1) is 12.5. The number of anilines is 1. The van der Waals surface area contributed by atoms with Gasteiger partial charge in [0.15, 0.2) is 5.13 Å². The smallest absolute Gasteiger partial charge is 0.181 e. The quantitative estimate of drug-likeness (QED) is 0.686. The second-order valence-corrected chi connectivity index (χ2v) is 8.19. The van der Waals surface area contributed by atoms with Crippen LogP contribution in [0.3, 0.4) is 0 Å². The van der Waals surface area contributed by atoms with E-state index < -0.39 is 5.54 Å². The van der Waals surface area contributed by atoms with E-state index in [1.54, 1.807) is 6.20 Å². The Hall–Kier alpha value is -2.02. The van der Waals surface area contributed by atoms with Gasteiger partial charge in [-0.15, -0.1) is 0 Å². The first-order valence-corrected chi connectivity index (χ1v) is 9.90. The van der Waals surface area contributed by atoms with Gasteiger partial charge in [-0.3, -0.25) is 0 Å². The molecule has 0 amide bonds. The minimum atomic E-state index is -0.444. The van der Waals surface area contributed by atoms with E-state index in [4.69, 9.17) is 28.1 Å². The van der Waals surface area contributed by atoms with E-state index in [0.29, 0.717) is 16.0 Å². The van der Waals surface area contributed by atoms with Crippen LogP contribution in [-0.4, -0.2) is 15.0 Å². The number of thiazole rings is 1. The van der Waals surface area contributed by atoms with Crippen molar-refractivity contribution in [3.8, 4) is 21.8 Å². The summed E-state index contributed by atoms with van der Waals surface area (Å²) in [6, 6.07) is 9.48. The third-order valence-electron chi connectivity index (χ3n) is 4.82. The third kappa shape index (κ3) is 3.32. The van der Waals surface area contributed by atoms with Crippen LogP contribution < -0.4 is 11.5 Å². The summed E-state index contributed by atoms with van der Waals surface area (Å²) < 4.78 is 0. The molecule has 1 aliphatic rings. The van der Waals surface area contributed by atoms with Gasteiger partial charge in [-0.2, -0.15) is 0 Å². The number of benzene rings is 1. The highest BCUT2D eigenvalue weighted by Crippen LogP contribution is 2.39. The summed E-state index contributed by atoms with van der Waals surface area (Å²) in [4.78, 5) is 14.7. The van der Waals surface area contributed by atoms with Crippen molar-refractivity contribution in [1.29, 1.82) is 0 Å². The highest BCUT2D eigenvalue weighted by molar-refractivity contribution is 7.19. The van der Waals surface area contributed by atoms with Crippen LogP contribution in [0.1, 0.15) is 37.9 Å². The molecular formula is C19H20ClN5S. The third-order valence-corrected chi connectivity index (χ3v) is 5.96. The fraction of sp³-hybridized carbons (Fsp3) is 0.316. The van der Waals surface area contributed by atoms with Crippen molar-refractivity contribution in [1.82, 2.24) is 15.0 Å². The Morgan fingerprint density at radius 2 is 1.88 bits per heavy atom. The zero-order chi connectivity index (χ0) is 18.1. The lowest BCUT2D eigenvalue weighted by molar-refractivity contribution is 0.287. The van der Waals surface area contributed by atoms with Crippen molar-refractivity contribution in [2.75, 3.05) is 5.73 Å². The molecule has 2 heterocycles. The first kappa shape index (κ1) is 17.4. The van der Waals surface area contributed by atoms with E-state index in [1.807, 2.05) is 30.3 Å². The highest BCUT2D eigenvalue weighted by Gasteiger charge is 2.32. The van der Waals surface area contributed by atoms with Gasteiger partial charge in [0.25, 0.3) is 0 Å². The van der Waals surface area contributed by atoms with Gasteiger partial charge in [0, 0.05) is 16.8 Å². The van der Waals surface area contributed by atoms with Crippen LogP contribution in [0.4, 0.5) is 5.13 Å². The maximum Gasteiger partial charge on any atom is 0.181 e. The molecule has 0 spiro atoms. The Kier molecular flexibility index (Phi) is 4.65. The number of nitrogen functional groups attached to an aromatic ring is 1. The second kappa shape index (κ2) is 6.95. The molecule has 7 heteroatoms. The topological polar surface area (TPSA) is 90.7 Å². The first-order valence-electron chi connectivity index (χ1n) is 8.70. The zero-order valence-corrected chi connectivity index (χ0v) is 15.9. The van der Waals surface area contributed by atoms with Crippen molar-refractivity contribution in [3.63, 3.8) is 0 Å². The minimum Gasteiger partial charge on any atom is -0.375 e. The van der Waals surface area contributed by atoms with E-state index in [1.165, 1.54) is 17.8 Å². The molecule has 0 atom stereocenters. The summed E-state index contributed by atoms with van der Waals surface area (Å²) in [5.74, 6) is 0.707. The molecule has 4 rings (SSSR count). The summed E-state index contributed by atoms with van der Waals surface area (Å²) in [7, 11) is 0. The molecule has 4 N–H and O–H groups in total. The van der Waals surface area contributed by atoms with Gasteiger partial charge in [0.2, 0.25) is 0 Å². The maximum atomic E-state index is 6.62. The van der Waals surface area contributed by atoms with Crippen LogP contribution in [0.15, 0.2) is 36.5 Å². The predicted octanol–water partition coefficient (Wildman–Crippen LogP) is 4.62. The molecule has 0 aliphatic heterocycles. The van der Waals surface area contributed by atoms with Crippen LogP contribution in [0.5, 0.6) is 0 Å². The molecule has 0 bridgehead atoms. The summed E-state index contributed by atoms with van der Waals surface area (Å²) in [6.45, 7) is 0. The number of rotatable bonds is 3. The van der Waals surface area contributed by atoms with Crippen LogP contribution in [-0.2, 0) is 5.54 Å². The Morgan fingerprint density at radius 1 is 1.08 bits per heavy atom. The van der Waals surface area contributed by atoms with E-state index in [0.717, 1.165) is 47.5 Å². The van der Waals surface area contributed by atoms with Gasteiger partial charge >= 0.3 is 0 Å². The van der Waals surface area contributed by atoms with E-state index >= 15 is 0 Å². The van der Waals surface area contributed by atoms with Crippen molar-refractivity contribution in [3.05, 3.63) is 47.4 Å². The Labute approximate surface area is 161 Å². The van der Waals surface area contributed by atoms with Crippen LogP contribution >= 0.6 is 22.9 Å². The van der Waals surface area contributed by atoms with Gasteiger partial charge in [-0.05, 0) is 31.0 Å². The lowest BCUT2D eigenvalue weighted by Crippen LogP contribution is -2.40. The van der Waals surface area contributed by atoms with Gasteiger partial charge in [-0.25, -0.2) is 15.0 Å². The number of halogens is 1. The van der Waals surface area contributed by atoms with Crippen molar-refractivity contribution in [2.45, 2.75) is 37.6 Å². The number of aromatic nitrogens is 3. The minimum absolute atomic E-state index is 0.444. The van der Waals surface area contributed by atoms with Crippen molar-refractivity contribution >= 4 is 28.1 Å². The van der Waals surface area contributed by atoms with Gasteiger partial charge < -0.3 is 11.5 Å². The number of hydrogen-bond acceptors (Lipinski definition) is 6. The molecule has 2 aromatic heterocycles. The molecule has 0 radical (unpaired) electrons. The molecule has 1 saturated carbocycles. The number of nitrogens with two attached hydrogens (primary N) is 2. The SMILES string of the molecule is Nc1nc(-c2cccc(Cl)c2)c(-c2ccnc(C3(N)CCCCC3)n2)s1. The predicted molar refractivity (Wildman–Crippen MR) is 107 cm³/mol. The lowest BCUT2D eigenvalue weighted by Gasteiger charge is -2.31. The average Bonchev–Trinajstić information content (AvgIpc) is 3.04. The fourth-order valence-corrected chi connectivity index (χ4v) is 4.49. The average molecular weight is 386 g/mol. The van der Waals surface area contributed by atoms with E-state index in [9.17, 15) is 0 Å². The maximum absolute atomic E-state index is 6.62. The summed E-state index contributed by atoms with van der Waals surface area (Å²) >= 11 is 7.56. The molecule has 1 aliphatic carbocycles. The molecule has 26 heavy (non-hydrogen) atoms. The largest absolute Gasteiger partial charge is 0.375 e. The molecule has 1 fully saturated rings. The molecular weight excluding hydrogens is 366 g/mol. The van der Waals surface area contributed by atoms with Crippen LogP contribution in [0, 0.1) is 0 Å². The van der Waals surface area contributed by atoms with E-state index in [-0.39, 0.29) is 0 Å². The highest BCUT2D eigenvalue weighted by atomic mass is 35.5. The lowest BCUT2D eigenvalue weighted by atomic mass is 9.82. The van der Waals surface area contributed by atoms with Gasteiger partial charge in [0.05, 0.1) is 21.8 Å². The van der Waals surface area contributed by atoms with Crippen LogP contribution in [0.25, 0.3) is 21.8 Å². The summed E-state index contributed by atoms with van der Waals surface area (Å²) in [6.07, 6.45) is 7.07. The number of nitrogens with zero attached hydrogens (tertiary/aromatic N) is 3. The van der Waals surface area contributed by atoms with Gasteiger partial charge in [0.1, 0.15) is 5.82 Å². The monoisotopic (exact) mass is 385 g/mol. The molecule has 3 aromatic rings. The fourth-order valence-electron chi connectivity index (χ4n) is 3.47. The summed E-state index contributed by atoms with van der Waals surface area (Å²) in [5.41, 5.74) is 14.7. The standard InChI is InChI=1S/C19H20ClN5S/c20-13-6-4-5-12(11-13)15-16(26-18(21)25-15)14-7-10-23-17(24-14)19(22)8-2-1-3-9-19/h4-7,10-11H,1-3,8-9,22H2,(H2,21,25).